The van der Waals surface area contributed by atoms with E-state index in [-0.39, 0.29) is 28.5 Å². The Morgan fingerprint density at radius 2 is 1.82 bits per heavy atom. The Morgan fingerprint density at radius 3 is 2.46 bits per heavy atom. The third-order valence-electron chi connectivity index (χ3n) is 7.50. The van der Waals surface area contributed by atoms with E-state index in [1.54, 1.807) is 6.92 Å². The van der Waals surface area contributed by atoms with Gasteiger partial charge < -0.3 is 14.6 Å². The number of piperazine rings is 1. The molecule has 5 rings (SSSR count). The molecule has 0 saturated carbocycles. The molecule has 0 unspecified atom stereocenters. The van der Waals surface area contributed by atoms with E-state index >= 15 is 0 Å². The van der Waals surface area contributed by atoms with Crippen molar-refractivity contribution in [3.63, 3.8) is 0 Å². The molecule has 3 aromatic rings. The van der Waals surface area contributed by atoms with Gasteiger partial charge in [0.15, 0.2) is 22.5 Å². The van der Waals surface area contributed by atoms with Crippen molar-refractivity contribution in [3.8, 4) is 11.6 Å². The van der Waals surface area contributed by atoms with Gasteiger partial charge in [0, 0.05) is 57.1 Å². The summed E-state index contributed by atoms with van der Waals surface area (Å²) in [6, 6.07) is 9.07. The van der Waals surface area contributed by atoms with Gasteiger partial charge in [0.05, 0.1) is 0 Å². The van der Waals surface area contributed by atoms with Crippen molar-refractivity contribution in [2.75, 3.05) is 42.9 Å². The van der Waals surface area contributed by atoms with Crippen LogP contribution in [0.4, 0.5) is 11.6 Å². The molecule has 1 amide bonds. The molecule has 1 N–H and O–H groups in total. The van der Waals surface area contributed by atoms with Crippen molar-refractivity contribution >= 4 is 40.7 Å². The maximum absolute atomic E-state index is 11.9. The number of hydrogen-bond acceptors (Lipinski definition) is 9. The average molecular weight is 574 g/mol. The number of aryl methyl sites for hydroxylation is 1. The molecule has 2 saturated heterocycles. The lowest BCUT2D eigenvalue weighted by molar-refractivity contribution is -0.114. The molecule has 1 atom stereocenters. The van der Waals surface area contributed by atoms with Crippen molar-refractivity contribution in [2.24, 2.45) is 0 Å². The Hall–Kier alpha value is -2.79. The second-order valence-electron chi connectivity index (χ2n) is 10.2. The number of likely N-dealkylation sites (tertiary alicyclic amines) is 1. The molecule has 0 aliphatic carbocycles. The van der Waals surface area contributed by atoms with E-state index in [1.165, 1.54) is 12.5 Å². The van der Waals surface area contributed by atoms with Crippen LogP contribution < -0.4 is 10.2 Å². The fourth-order valence-electron chi connectivity index (χ4n) is 5.57. The fraction of sp³-hybridized carbons (Fsp3) is 0.519. The standard InChI is InChI=1S/C27H34Cl2N8O2/c1-4-21-16-36(26-24(29)31-23(25(32-26)30-17(2)38)27-34-33-18(3)39-27)13-14-37(21)22-9-11-35(12-10-22)15-19-5-7-20(28)8-6-19/h5-8,21-22H,4,9-16H2,1-3H3,(H,30,32,38)/t21-/m0/s1. The van der Waals surface area contributed by atoms with Gasteiger partial charge in [-0.1, -0.05) is 42.3 Å². The Morgan fingerprint density at radius 1 is 1.08 bits per heavy atom. The summed E-state index contributed by atoms with van der Waals surface area (Å²) in [6.07, 6.45) is 3.32. The quantitative estimate of drug-likeness (QED) is 0.432. The first-order valence-electron chi connectivity index (χ1n) is 13.4. The fourth-order valence-corrected chi connectivity index (χ4v) is 5.94. The monoisotopic (exact) mass is 572 g/mol. The van der Waals surface area contributed by atoms with Crippen LogP contribution >= 0.6 is 23.2 Å². The number of hydrogen-bond donors (Lipinski definition) is 1. The first-order valence-corrected chi connectivity index (χ1v) is 14.2. The van der Waals surface area contributed by atoms with Crippen LogP contribution in [0.1, 0.15) is 44.6 Å². The summed E-state index contributed by atoms with van der Waals surface area (Å²) in [4.78, 5) is 28.5. The number of anilines is 2. The van der Waals surface area contributed by atoms with Gasteiger partial charge in [-0.05, 0) is 50.0 Å². The molecule has 0 bridgehead atoms. The van der Waals surface area contributed by atoms with Crippen molar-refractivity contribution < 1.29 is 9.21 Å². The third kappa shape index (κ3) is 6.51. The summed E-state index contributed by atoms with van der Waals surface area (Å²) in [5, 5.41) is 11.7. The first-order chi connectivity index (χ1) is 18.8. The van der Waals surface area contributed by atoms with E-state index in [1.807, 2.05) is 12.1 Å². The van der Waals surface area contributed by atoms with Crippen molar-refractivity contribution in [3.05, 3.63) is 45.9 Å². The highest BCUT2D eigenvalue weighted by atomic mass is 35.5. The van der Waals surface area contributed by atoms with E-state index in [4.69, 9.17) is 32.6 Å². The van der Waals surface area contributed by atoms with E-state index in [0.717, 1.165) is 63.6 Å². The number of amides is 1. The van der Waals surface area contributed by atoms with Gasteiger partial charge in [-0.3, -0.25) is 14.6 Å². The van der Waals surface area contributed by atoms with E-state index in [0.29, 0.717) is 23.8 Å². The van der Waals surface area contributed by atoms with Crippen LogP contribution in [0.15, 0.2) is 28.7 Å². The van der Waals surface area contributed by atoms with E-state index in [2.05, 4.69) is 54.3 Å². The molecule has 0 spiro atoms. The zero-order chi connectivity index (χ0) is 27.5. The van der Waals surface area contributed by atoms with Crippen LogP contribution in [-0.4, -0.2) is 80.7 Å². The Kier molecular flexibility index (Phi) is 8.66. The number of carbonyl (C=O) groups is 1. The Balaban J connectivity index is 1.26. The molecule has 208 valence electrons. The lowest BCUT2D eigenvalue weighted by Crippen LogP contribution is -2.58. The van der Waals surface area contributed by atoms with Crippen LogP contribution in [-0.2, 0) is 11.3 Å². The molecular formula is C27H34Cl2N8O2. The number of nitrogens with one attached hydrogen (secondary N) is 1. The molecular weight excluding hydrogens is 539 g/mol. The lowest BCUT2D eigenvalue weighted by Gasteiger charge is -2.47. The summed E-state index contributed by atoms with van der Waals surface area (Å²) < 4.78 is 5.53. The van der Waals surface area contributed by atoms with E-state index < -0.39 is 0 Å². The summed E-state index contributed by atoms with van der Waals surface area (Å²) in [7, 11) is 0. The third-order valence-corrected chi connectivity index (χ3v) is 8.01. The lowest BCUT2D eigenvalue weighted by atomic mass is 9.98. The molecule has 4 heterocycles. The van der Waals surface area contributed by atoms with Gasteiger partial charge in [-0.2, -0.15) is 0 Å². The minimum Gasteiger partial charge on any atom is -0.420 e. The second-order valence-corrected chi connectivity index (χ2v) is 11.0. The van der Waals surface area contributed by atoms with Crippen molar-refractivity contribution in [1.82, 2.24) is 30.0 Å². The largest absolute Gasteiger partial charge is 0.420 e. The molecule has 2 aliphatic heterocycles. The zero-order valence-corrected chi connectivity index (χ0v) is 24.0. The highest BCUT2D eigenvalue weighted by Gasteiger charge is 2.34. The smallest absolute Gasteiger partial charge is 0.270 e. The minimum absolute atomic E-state index is 0.163. The predicted octanol–water partition coefficient (Wildman–Crippen LogP) is 4.67. The molecule has 1 aromatic carbocycles. The van der Waals surface area contributed by atoms with Crippen LogP contribution in [0.5, 0.6) is 0 Å². The van der Waals surface area contributed by atoms with Gasteiger partial charge in [0.25, 0.3) is 5.89 Å². The minimum atomic E-state index is -0.270. The number of rotatable bonds is 7. The number of aromatic nitrogens is 4. The molecule has 39 heavy (non-hydrogen) atoms. The molecule has 2 aromatic heterocycles. The van der Waals surface area contributed by atoms with Crippen LogP contribution in [0.3, 0.4) is 0 Å². The van der Waals surface area contributed by atoms with E-state index in [9.17, 15) is 4.79 Å². The van der Waals surface area contributed by atoms with Gasteiger partial charge >= 0.3 is 0 Å². The molecule has 2 aliphatic rings. The SMILES string of the molecule is CC[C@H]1CN(c2nc(NC(C)=O)c(-c3nnc(C)o3)nc2Cl)CCN1C1CCN(Cc2ccc(Cl)cc2)CC1. The van der Waals surface area contributed by atoms with Crippen LogP contribution in [0.25, 0.3) is 11.6 Å². The van der Waals surface area contributed by atoms with Gasteiger partial charge in [0.1, 0.15) is 0 Å². The number of benzene rings is 1. The number of halogens is 2. The summed E-state index contributed by atoms with van der Waals surface area (Å²) in [6.45, 7) is 10.9. The molecule has 12 heteroatoms. The zero-order valence-electron chi connectivity index (χ0n) is 22.5. The number of nitrogens with zero attached hydrogens (tertiary/aromatic N) is 7. The highest BCUT2D eigenvalue weighted by Crippen LogP contribution is 2.33. The number of carbonyl (C=O) groups excluding carboxylic acids is 1. The normalized spacial score (nSPS) is 19.4. The first kappa shape index (κ1) is 27.8. The highest BCUT2D eigenvalue weighted by molar-refractivity contribution is 6.32. The average Bonchev–Trinajstić information content (AvgIpc) is 3.36. The summed E-state index contributed by atoms with van der Waals surface area (Å²) in [5.41, 5.74) is 1.56. The molecule has 2 fully saturated rings. The Bertz CT molecular complexity index is 1290. The maximum atomic E-state index is 11.9. The molecule has 10 nitrogen and oxygen atoms in total. The summed E-state index contributed by atoms with van der Waals surface area (Å²) in [5.74, 6) is 1.09. The predicted molar refractivity (Wildman–Crippen MR) is 152 cm³/mol. The van der Waals surface area contributed by atoms with Gasteiger partial charge in [0.2, 0.25) is 11.8 Å². The van der Waals surface area contributed by atoms with Crippen molar-refractivity contribution in [2.45, 2.75) is 58.7 Å². The second kappa shape index (κ2) is 12.2. The van der Waals surface area contributed by atoms with Gasteiger partial charge in [-0.15, -0.1) is 10.2 Å². The Labute approximate surface area is 238 Å². The van der Waals surface area contributed by atoms with Gasteiger partial charge in [-0.25, -0.2) is 9.97 Å². The summed E-state index contributed by atoms with van der Waals surface area (Å²) >= 11 is 12.7. The van der Waals surface area contributed by atoms with Crippen molar-refractivity contribution in [1.29, 1.82) is 0 Å². The van der Waals surface area contributed by atoms with Crippen LogP contribution in [0, 0.1) is 6.92 Å². The maximum Gasteiger partial charge on any atom is 0.270 e. The number of piperidine rings is 1. The molecule has 0 radical (unpaired) electrons. The van der Waals surface area contributed by atoms with Crippen LogP contribution in [0.2, 0.25) is 10.2 Å². The topological polar surface area (TPSA) is 104 Å².